The molecule has 0 unspecified atom stereocenters. The minimum absolute atomic E-state index is 0.202. The van der Waals surface area contributed by atoms with Crippen molar-refractivity contribution in [3.05, 3.63) is 18.2 Å². The number of benzene rings is 1. The SMILES string of the molecule is COc1cc(OC)cc(OCCCCCNC(C)(C)C)c1. The van der Waals surface area contributed by atoms with Crippen molar-refractivity contribution >= 4 is 0 Å². The van der Waals surface area contributed by atoms with Gasteiger partial charge >= 0.3 is 0 Å². The molecule has 0 aliphatic carbocycles. The highest BCUT2D eigenvalue weighted by molar-refractivity contribution is 5.41. The molecule has 0 atom stereocenters. The predicted molar refractivity (Wildman–Crippen MR) is 86.6 cm³/mol. The smallest absolute Gasteiger partial charge is 0.126 e. The van der Waals surface area contributed by atoms with Crippen molar-refractivity contribution in [1.29, 1.82) is 0 Å². The maximum absolute atomic E-state index is 5.76. The second-order valence-electron chi connectivity index (χ2n) is 6.13. The molecule has 4 heteroatoms. The van der Waals surface area contributed by atoms with Gasteiger partial charge in [0.2, 0.25) is 0 Å². The molecule has 0 aliphatic rings. The molecule has 0 aromatic heterocycles. The molecule has 0 amide bonds. The third-order valence-corrected chi connectivity index (χ3v) is 3.07. The predicted octanol–water partition coefficient (Wildman–Crippen LogP) is 3.64. The molecule has 1 aromatic rings. The van der Waals surface area contributed by atoms with Crippen LogP contribution in [0.4, 0.5) is 0 Å². The summed E-state index contributed by atoms with van der Waals surface area (Å²) in [4.78, 5) is 0. The van der Waals surface area contributed by atoms with Gasteiger partial charge < -0.3 is 19.5 Å². The Morgan fingerprint density at radius 1 is 0.857 bits per heavy atom. The van der Waals surface area contributed by atoms with Gasteiger partial charge in [-0.15, -0.1) is 0 Å². The average molecular weight is 295 g/mol. The van der Waals surface area contributed by atoms with Crippen LogP contribution in [0.3, 0.4) is 0 Å². The Morgan fingerprint density at radius 3 is 1.95 bits per heavy atom. The van der Waals surface area contributed by atoms with E-state index in [1.54, 1.807) is 14.2 Å². The van der Waals surface area contributed by atoms with Crippen LogP contribution in [0.2, 0.25) is 0 Å². The summed E-state index contributed by atoms with van der Waals surface area (Å²) in [6.45, 7) is 8.33. The second kappa shape index (κ2) is 8.78. The zero-order valence-electron chi connectivity index (χ0n) is 14.0. The van der Waals surface area contributed by atoms with Crippen LogP contribution in [0.5, 0.6) is 17.2 Å². The van der Waals surface area contributed by atoms with E-state index in [-0.39, 0.29) is 5.54 Å². The Balaban J connectivity index is 2.23. The van der Waals surface area contributed by atoms with Gasteiger partial charge in [-0.25, -0.2) is 0 Å². The first-order valence-electron chi connectivity index (χ1n) is 7.55. The fourth-order valence-electron chi connectivity index (χ4n) is 1.92. The number of rotatable bonds is 9. The number of unbranched alkanes of at least 4 members (excludes halogenated alkanes) is 2. The summed E-state index contributed by atoms with van der Waals surface area (Å²) in [6, 6.07) is 5.60. The van der Waals surface area contributed by atoms with Crippen molar-refractivity contribution in [2.24, 2.45) is 0 Å². The zero-order valence-corrected chi connectivity index (χ0v) is 14.0. The molecule has 0 saturated heterocycles. The van der Waals surface area contributed by atoms with E-state index >= 15 is 0 Å². The summed E-state index contributed by atoms with van der Waals surface area (Å²) < 4.78 is 16.2. The number of hydrogen-bond donors (Lipinski definition) is 1. The molecule has 0 aliphatic heterocycles. The van der Waals surface area contributed by atoms with Crippen LogP contribution in [-0.4, -0.2) is 32.9 Å². The lowest BCUT2D eigenvalue weighted by molar-refractivity contribution is 0.298. The maximum atomic E-state index is 5.76. The number of hydrogen-bond acceptors (Lipinski definition) is 4. The van der Waals surface area contributed by atoms with Gasteiger partial charge in [0, 0.05) is 23.7 Å². The number of nitrogens with one attached hydrogen (secondary N) is 1. The third kappa shape index (κ3) is 7.81. The summed E-state index contributed by atoms with van der Waals surface area (Å²) in [7, 11) is 3.28. The first kappa shape index (κ1) is 17.6. The van der Waals surface area contributed by atoms with E-state index in [0.29, 0.717) is 6.61 Å². The van der Waals surface area contributed by atoms with Gasteiger partial charge in [0.15, 0.2) is 0 Å². The fourth-order valence-corrected chi connectivity index (χ4v) is 1.92. The van der Waals surface area contributed by atoms with Crippen LogP contribution in [0, 0.1) is 0 Å². The van der Waals surface area contributed by atoms with E-state index in [1.165, 1.54) is 6.42 Å². The molecule has 0 spiro atoms. The Labute approximate surface area is 128 Å². The van der Waals surface area contributed by atoms with Crippen molar-refractivity contribution in [3.63, 3.8) is 0 Å². The van der Waals surface area contributed by atoms with Gasteiger partial charge in [0.1, 0.15) is 17.2 Å². The van der Waals surface area contributed by atoms with Crippen LogP contribution >= 0.6 is 0 Å². The van der Waals surface area contributed by atoms with Gasteiger partial charge in [-0.2, -0.15) is 0 Å². The van der Waals surface area contributed by atoms with Crippen LogP contribution in [0.1, 0.15) is 40.0 Å². The highest BCUT2D eigenvalue weighted by atomic mass is 16.5. The summed E-state index contributed by atoms with van der Waals surface area (Å²) in [5.74, 6) is 2.29. The lowest BCUT2D eigenvalue weighted by Crippen LogP contribution is -2.36. The van der Waals surface area contributed by atoms with Crippen molar-refractivity contribution in [3.8, 4) is 17.2 Å². The molecule has 0 bridgehead atoms. The minimum atomic E-state index is 0.202. The first-order valence-corrected chi connectivity index (χ1v) is 7.55. The van der Waals surface area contributed by atoms with E-state index < -0.39 is 0 Å². The summed E-state index contributed by atoms with van der Waals surface area (Å²) in [5.41, 5.74) is 0.202. The monoisotopic (exact) mass is 295 g/mol. The topological polar surface area (TPSA) is 39.7 Å². The van der Waals surface area contributed by atoms with E-state index in [4.69, 9.17) is 14.2 Å². The molecule has 0 heterocycles. The average Bonchev–Trinajstić information content (AvgIpc) is 2.44. The van der Waals surface area contributed by atoms with E-state index in [2.05, 4.69) is 26.1 Å². The molecule has 21 heavy (non-hydrogen) atoms. The van der Waals surface area contributed by atoms with Crippen LogP contribution in [-0.2, 0) is 0 Å². The largest absolute Gasteiger partial charge is 0.496 e. The summed E-state index contributed by atoms with van der Waals surface area (Å²) in [5, 5.41) is 3.49. The molecule has 0 fully saturated rings. The van der Waals surface area contributed by atoms with E-state index in [1.807, 2.05) is 18.2 Å². The van der Waals surface area contributed by atoms with Gasteiger partial charge in [0.05, 0.1) is 20.8 Å². The molecule has 1 N–H and O–H groups in total. The normalized spacial score (nSPS) is 11.3. The molecule has 120 valence electrons. The Bertz CT molecular complexity index is 391. The van der Waals surface area contributed by atoms with Crippen molar-refractivity contribution in [2.45, 2.75) is 45.6 Å². The number of ether oxygens (including phenoxy) is 3. The first-order chi connectivity index (χ1) is 9.94. The lowest BCUT2D eigenvalue weighted by atomic mass is 10.1. The molecule has 4 nitrogen and oxygen atoms in total. The zero-order chi connectivity index (χ0) is 15.7. The quantitative estimate of drug-likeness (QED) is 0.706. The van der Waals surface area contributed by atoms with Crippen LogP contribution in [0.15, 0.2) is 18.2 Å². The fraction of sp³-hybridized carbons (Fsp3) is 0.647. The standard InChI is InChI=1S/C17H29NO3/c1-17(2,3)18-9-7-6-8-10-21-16-12-14(19-4)11-15(13-16)20-5/h11-13,18H,6-10H2,1-5H3. The van der Waals surface area contributed by atoms with E-state index in [9.17, 15) is 0 Å². The maximum Gasteiger partial charge on any atom is 0.126 e. The second-order valence-corrected chi connectivity index (χ2v) is 6.13. The third-order valence-electron chi connectivity index (χ3n) is 3.07. The van der Waals surface area contributed by atoms with Crippen molar-refractivity contribution < 1.29 is 14.2 Å². The van der Waals surface area contributed by atoms with E-state index in [0.717, 1.165) is 36.6 Å². The molecule has 1 rings (SSSR count). The molecular weight excluding hydrogens is 266 g/mol. The number of methoxy groups -OCH3 is 2. The van der Waals surface area contributed by atoms with Gasteiger partial charge in [-0.05, 0) is 46.6 Å². The van der Waals surface area contributed by atoms with Gasteiger partial charge in [-0.3, -0.25) is 0 Å². The van der Waals surface area contributed by atoms with Crippen molar-refractivity contribution in [1.82, 2.24) is 5.32 Å². The highest BCUT2D eigenvalue weighted by Gasteiger charge is 2.07. The van der Waals surface area contributed by atoms with Gasteiger partial charge in [-0.1, -0.05) is 0 Å². The van der Waals surface area contributed by atoms with Gasteiger partial charge in [0.25, 0.3) is 0 Å². The molecular formula is C17H29NO3. The Kier molecular flexibility index (Phi) is 7.37. The summed E-state index contributed by atoms with van der Waals surface area (Å²) >= 11 is 0. The molecule has 0 saturated carbocycles. The Hall–Kier alpha value is -1.42. The minimum Gasteiger partial charge on any atom is -0.496 e. The lowest BCUT2D eigenvalue weighted by Gasteiger charge is -2.20. The van der Waals surface area contributed by atoms with Crippen LogP contribution < -0.4 is 19.5 Å². The van der Waals surface area contributed by atoms with Crippen LogP contribution in [0.25, 0.3) is 0 Å². The Morgan fingerprint density at radius 2 is 1.43 bits per heavy atom. The summed E-state index contributed by atoms with van der Waals surface area (Å²) in [6.07, 6.45) is 3.37. The molecule has 0 radical (unpaired) electrons. The van der Waals surface area contributed by atoms with Crippen molar-refractivity contribution in [2.75, 3.05) is 27.4 Å². The molecule has 1 aromatic carbocycles. The highest BCUT2D eigenvalue weighted by Crippen LogP contribution is 2.27.